The van der Waals surface area contributed by atoms with Crippen LogP contribution in [0.5, 0.6) is 0 Å². The molecule has 0 unspecified atom stereocenters. The number of aromatic nitrogens is 4. The van der Waals surface area contributed by atoms with Crippen LogP contribution in [0.15, 0.2) is 30.6 Å². The normalized spacial score (nSPS) is 11.2. The van der Waals surface area contributed by atoms with Crippen LogP contribution in [0.3, 0.4) is 0 Å². The molecule has 132 valence electrons. The first-order chi connectivity index (χ1) is 12.2. The average Bonchev–Trinajstić information content (AvgIpc) is 2.99. The van der Waals surface area contributed by atoms with Crippen molar-refractivity contribution in [1.82, 2.24) is 19.7 Å². The van der Waals surface area contributed by atoms with Crippen molar-refractivity contribution in [2.45, 2.75) is 47.1 Å². The summed E-state index contributed by atoms with van der Waals surface area (Å²) in [4.78, 5) is 11.5. The highest BCUT2D eigenvalue weighted by molar-refractivity contribution is 5.92. The van der Waals surface area contributed by atoms with Gasteiger partial charge >= 0.3 is 0 Å². The zero-order chi connectivity index (χ0) is 17.8. The molecule has 0 N–H and O–H groups in total. The van der Waals surface area contributed by atoms with Gasteiger partial charge in [0.1, 0.15) is 0 Å². The Bertz CT molecular complexity index is 832. The van der Waals surface area contributed by atoms with Gasteiger partial charge in [0.25, 0.3) is 0 Å². The molecule has 25 heavy (non-hydrogen) atoms. The summed E-state index contributed by atoms with van der Waals surface area (Å²) in [5.41, 5.74) is 4.21. The molecule has 0 spiro atoms. The van der Waals surface area contributed by atoms with E-state index in [4.69, 9.17) is 10.1 Å². The highest BCUT2D eigenvalue weighted by Crippen LogP contribution is 2.31. The monoisotopic (exact) mass is 337 g/mol. The molecule has 0 saturated heterocycles. The van der Waals surface area contributed by atoms with E-state index in [1.807, 2.05) is 16.9 Å². The SMILES string of the molecule is CCCN(CCC)c1nn(CC)c2nc(C)c(-c3cccnc3)cc12. The molecule has 3 rings (SSSR count). The van der Waals surface area contributed by atoms with Gasteiger partial charge < -0.3 is 4.90 Å². The van der Waals surface area contributed by atoms with E-state index in [1.165, 1.54) is 0 Å². The van der Waals surface area contributed by atoms with E-state index < -0.39 is 0 Å². The quantitative estimate of drug-likeness (QED) is 0.639. The Labute approximate surface area is 149 Å². The van der Waals surface area contributed by atoms with Crippen LogP contribution in [0.25, 0.3) is 22.2 Å². The second-order valence-electron chi connectivity index (χ2n) is 6.36. The van der Waals surface area contributed by atoms with Crippen LogP contribution in [0.4, 0.5) is 5.82 Å². The van der Waals surface area contributed by atoms with Gasteiger partial charge in [-0.05, 0) is 38.8 Å². The van der Waals surface area contributed by atoms with Gasteiger partial charge in [0.15, 0.2) is 11.5 Å². The predicted octanol–water partition coefficient (Wildman–Crippen LogP) is 4.45. The van der Waals surface area contributed by atoms with E-state index in [0.29, 0.717) is 0 Å². The molecule has 0 atom stereocenters. The third-order valence-corrected chi connectivity index (χ3v) is 4.45. The van der Waals surface area contributed by atoms with Crippen LogP contribution in [0, 0.1) is 6.92 Å². The second-order valence-corrected chi connectivity index (χ2v) is 6.36. The lowest BCUT2D eigenvalue weighted by Crippen LogP contribution is -2.25. The Balaban J connectivity index is 2.20. The lowest BCUT2D eigenvalue weighted by Gasteiger charge is -2.21. The molecule has 0 aliphatic rings. The van der Waals surface area contributed by atoms with E-state index in [2.05, 4.69) is 49.7 Å². The topological polar surface area (TPSA) is 46.8 Å². The van der Waals surface area contributed by atoms with Gasteiger partial charge in [-0.25, -0.2) is 9.67 Å². The molecule has 0 amide bonds. The first-order valence-electron chi connectivity index (χ1n) is 9.23. The minimum absolute atomic E-state index is 0.821. The van der Waals surface area contributed by atoms with Gasteiger partial charge in [0, 0.05) is 48.8 Å². The maximum absolute atomic E-state index is 4.89. The number of pyridine rings is 2. The fraction of sp³-hybridized carbons (Fsp3) is 0.450. The molecule has 3 aromatic heterocycles. The number of rotatable bonds is 7. The largest absolute Gasteiger partial charge is 0.355 e. The van der Waals surface area contributed by atoms with Crippen molar-refractivity contribution in [1.29, 1.82) is 0 Å². The molecule has 0 bridgehead atoms. The van der Waals surface area contributed by atoms with Crippen molar-refractivity contribution in [3.05, 3.63) is 36.3 Å². The highest BCUT2D eigenvalue weighted by atomic mass is 15.4. The van der Waals surface area contributed by atoms with Gasteiger partial charge in [0.2, 0.25) is 0 Å². The number of nitrogens with zero attached hydrogens (tertiary/aromatic N) is 5. The van der Waals surface area contributed by atoms with Gasteiger partial charge in [-0.2, -0.15) is 5.10 Å². The Morgan fingerprint density at radius 1 is 1.12 bits per heavy atom. The molecule has 5 heteroatoms. The molecular formula is C20H27N5. The number of aryl methyl sites for hydroxylation is 2. The summed E-state index contributed by atoms with van der Waals surface area (Å²) in [7, 11) is 0. The van der Waals surface area contributed by atoms with Crippen LogP contribution in [-0.4, -0.2) is 32.8 Å². The number of fused-ring (bicyclic) bond motifs is 1. The highest BCUT2D eigenvalue weighted by Gasteiger charge is 2.18. The van der Waals surface area contributed by atoms with Crippen LogP contribution < -0.4 is 4.90 Å². The Morgan fingerprint density at radius 2 is 1.88 bits per heavy atom. The number of hydrogen-bond acceptors (Lipinski definition) is 4. The Kier molecular flexibility index (Phi) is 5.31. The molecule has 0 aliphatic heterocycles. The summed E-state index contributed by atoms with van der Waals surface area (Å²) in [6.45, 7) is 11.5. The molecule has 0 saturated carbocycles. The zero-order valence-electron chi connectivity index (χ0n) is 15.7. The van der Waals surface area contributed by atoms with Crippen molar-refractivity contribution in [2.75, 3.05) is 18.0 Å². The molecule has 3 heterocycles. The summed E-state index contributed by atoms with van der Waals surface area (Å²) in [6, 6.07) is 6.29. The predicted molar refractivity (Wildman–Crippen MR) is 104 cm³/mol. The van der Waals surface area contributed by atoms with Gasteiger partial charge in [-0.3, -0.25) is 4.98 Å². The van der Waals surface area contributed by atoms with Crippen molar-refractivity contribution < 1.29 is 0 Å². The van der Waals surface area contributed by atoms with E-state index >= 15 is 0 Å². The first-order valence-corrected chi connectivity index (χ1v) is 9.23. The smallest absolute Gasteiger partial charge is 0.160 e. The second kappa shape index (κ2) is 7.64. The van der Waals surface area contributed by atoms with Gasteiger partial charge in [0.05, 0.1) is 5.39 Å². The van der Waals surface area contributed by atoms with Crippen molar-refractivity contribution >= 4 is 16.9 Å². The van der Waals surface area contributed by atoms with E-state index in [-0.39, 0.29) is 0 Å². The van der Waals surface area contributed by atoms with Gasteiger partial charge in [-0.1, -0.05) is 19.9 Å². The Morgan fingerprint density at radius 3 is 2.48 bits per heavy atom. The maximum atomic E-state index is 4.89. The molecule has 0 fully saturated rings. The molecular weight excluding hydrogens is 310 g/mol. The summed E-state index contributed by atoms with van der Waals surface area (Å²) in [5, 5.41) is 6.02. The third-order valence-electron chi connectivity index (χ3n) is 4.45. The van der Waals surface area contributed by atoms with Crippen LogP contribution >= 0.6 is 0 Å². The Hall–Kier alpha value is -2.43. The minimum Gasteiger partial charge on any atom is -0.355 e. The third kappa shape index (κ3) is 3.36. The number of hydrogen-bond donors (Lipinski definition) is 0. The van der Waals surface area contributed by atoms with Crippen molar-refractivity contribution in [2.24, 2.45) is 0 Å². The van der Waals surface area contributed by atoms with Gasteiger partial charge in [-0.15, -0.1) is 0 Å². The van der Waals surface area contributed by atoms with Crippen LogP contribution in [-0.2, 0) is 6.54 Å². The fourth-order valence-corrected chi connectivity index (χ4v) is 3.30. The van der Waals surface area contributed by atoms with Crippen molar-refractivity contribution in [3.8, 4) is 11.1 Å². The average molecular weight is 337 g/mol. The molecule has 0 radical (unpaired) electrons. The molecule has 3 aromatic rings. The molecule has 0 aliphatic carbocycles. The van der Waals surface area contributed by atoms with E-state index in [1.54, 1.807) is 6.20 Å². The van der Waals surface area contributed by atoms with Crippen LogP contribution in [0.1, 0.15) is 39.3 Å². The summed E-state index contributed by atoms with van der Waals surface area (Å²) >= 11 is 0. The van der Waals surface area contributed by atoms with E-state index in [0.717, 1.165) is 66.1 Å². The van der Waals surface area contributed by atoms with Crippen LogP contribution in [0.2, 0.25) is 0 Å². The van der Waals surface area contributed by atoms with E-state index in [9.17, 15) is 0 Å². The first kappa shape index (κ1) is 17.4. The minimum atomic E-state index is 0.821. The molecule has 0 aromatic carbocycles. The summed E-state index contributed by atoms with van der Waals surface area (Å²) in [5.74, 6) is 1.05. The maximum Gasteiger partial charge on any atom is 0.160 e. The summed E-state index contributed by atoms with van der Waals surface area (Å²) < 4.78 is 2.02. The number of anilines is 1. The zero-order valence-corrected chi connectivity index (χ0v) is 15.7. The lowest BCUT2D eigenvalue weighted by atomic mass is 10.1. The molecule has 5 nitrogen and oxygen atoms in total. The lowest BCUT2D eigenvalue weighted by molar-refractivity contribution is 0.657. The van der Waals surface area contributed by atoms with Crippen molar-refractivity contribution in [3.63, 3.8) is 0 Å². The fourth-order valence-electron chi connectivity index (χ4n) is 3.30. The standard InChI is InChI=1S/C20H27N5/c1-5-11-24(12-6-2)20-18-13-17(16-9-8-10-21-14-16)15(4)22-19(18)25(7-3)23-20/h8-10,13-14H,5-7,11-12H2,1-4H3. The summed E-state index contributed by atoms with van der Waals surface area (Å²) in [6.07, 6.45) is 5.91.